The van der Waals surface area contributed by atoms with Crippen molar-refractivity contribution in [2.45, 2.75) is 32.5 Å². The van der Waals surface area contributed by atoms with E-state index in [0.717, 1.165) is 13.0 Å². The maximum absolute atomic E-state index is 5.73. The number of hydrogen-bond acceptors (Lipinski definition) is 2. The molecule has 1 aliphatic rings. The normalized spacial score (nSPS) is 26.9. The van der Waals surface area contributed by atoms with Crippen LogP contribution in [0.15, 0.2) is 30.3 Å². The van der Waals surface area contributed by atoms with Gasteiger partial charge in [-0.1, -0.05) is 44.2 Å². The van der Waals surface area contributed by atoms with Gasteiger partial charge in [0.2, 0.25) is 0 Å². The minimum absolute atomic E-state index is 0.0762. The number of nitrogens with one attached hydrogen (secondary N) is 1. The first-order valence-electron chi connectivity index (χ1n) is 5.70. The zero-order chi connectivity index (χ0) is 10.7. The monoisotopic (exact) mass is 205 g/mol. The Kier molecular flexibility index (Phi) is 3.39. The van der Waals surface area contributed by atoms with E-state index in [0.29, 0.717) is 12.0 Å². The molecule has 1 heterocycles. The van der Waals surface area contributed by atoms with Crippen molar-refractivity contribution in [3.8, 4) is 0 Å². The van der Waals surface area contributed by atoms with Crippen LogP contribution in [0.25, 0.3) is 0 Å². The summed E-state index contributed by atoms with van der Waals surface area (Å²) in [6.45, 7) is 5.37. The second-order valence-electron chi connectivity index (χ2n) is 4.47. The molecule has 1 aliphatic heterocycles. The third-order valence-electron chi connectivity index (χ3n) is 2.99. The lowest BCUT2D eigenvalue weighted by atomic mass is 9.99. The van der Waals surface area contributed by atoms with Crippen molar-refractivity contribution in [2.75, 3.05) is 6.61 Å². The Hall–Kier alpha value is -0.860. The zero-order valence-electron chi connectivity index (χ0n) is 9.44. The molecular weight excluding hydrogens is 186 g/mol. The molecule has 0 amide bonds. The van der Waals surface area contributed by atoms with Crippen LogP contribution in [0.3, 0.4) is 0 Å². The van der Waals surface area contributed by atoms with Gasteiger partial charge in [0.1, 0.15) is 6.23 Å². The van der Waals surface area contributed by atoms with Gasteiger partial charge in [-0.05, 0) is 17.9 Å². The van der Waals surface area contributed by atoms with Gasteiger partial charge in [-0.25, -0.2) is 0 Å². The number of hydrogen-bond donors (Lipinski definition) is 1. The molecule has 2 rings (SSSR count). The van der Waals surface area contributed by atoms with Gasteiger partial charge in [0.05, 0.1) is 6.61 Å². The van der Waals surface area contributed by atoms with Crippen LogP contribution < -0.4 is 5.32 Å². The fourth-order valence-electron chi connectivity index (χ4n) is 1.98. The first-order chi connectivity index (χ1) is 7.27. The second kappa shape index (κ2) is 4.77. The molecule has 0 spiro atoms. The van der Waals surface area contributed by atoms with Gasteiger partial charge in [-0.15, -0.1) is 0 Å². The van der Waals surface area contributed by atoms with Gasteiger partial charge < -0.3 is 4.74 Å². The first kappa shape index (κ1) is 10.7. The van der Waals surface area contributed by atoms with E-state index in [4.69, 9.17) is 4.74 Å². The van der Waals surface area contributed by atoms with E-state index in [9.17, 15) is 0 Å². The van der Waals surface area contributed by atoms with Crippen LogP contribution >= 0.6 is 0 Å². The van der Waals surface area contributed by atoms with Gasteiger partial charge >= 0.3 is 0 Å². The lowest BCUT2D eigenvalue weighted by Crippen LogP contribution is -2.43. The van der Waals surface area contributed by atoms with E-state index in [1.54, 1.807) is 0 Å². The van der Waals surface area contributed by atoms with Crippen molar-refractivity contribution in [1.29, 1.82) is 0 Å². The molecule has 0 radical (unpaired) electrons. The van der Waals surface area contributed by atoms with Crippen molar-refractivity contribution in [3.05, 3.63) is 35.9 Å². The van der Waals surface area contributed by atoms with Crippen LogP contribution in [0.5, 0.6) is 0 Å². The Bertz CT molecular complexity index is 297. The maximum atomic E-state index is 5.73. The summed E-state index contributed by atoms with van der Waals surface area (Å²) in [7, 11) is 0. The van der Waals surface area contributed by atoms with E-state index in [1.165, 1.54) is 5.56 Å². The van der Waals surface area contributed by atoms with Gasteiger partial charge in [-0.3, -0.25) is 5.32 Å². The van der Waals surface area contributed by atoms with Crippen molar-refractivity contribution >= 4 is 0 Å². The molecule has 0 bridgehead atoms. The van der Waals surface area contributed by atoms with Crippen LogP contribution in [-0.4, -0.2) is 12.6 Å². The minimum Gasteiger partial charge on any atom is -0.359 e. The highest BCUT2D eigenvalue weighted by Gasteiger charge is 2.24. The zero-order valence-corrected chi connectivity index (χ0v) is 9.44. The quantitative estimate of drug-likeness (QED) is 0.801. The third-order valence-corrected chi connectivity index (χ3v) is 2.99. The first-order valence-corrected chi connectivity index (χ1v) is 5.70. The van der Waals surface area contributed by atoms with E-state index in [2.05, 4.69) is 43.4 Å². The predicted molar refractivity (Wildman–Crippen MR) is 61.5 cm³/mol. The summed E-state index contributed by atoms with van der Waals surface area (Å²) in [5.41, 5.74) is 1.22. The van der Waals surface area contributed by atoms with Gasteiger partial charge in [-0.2, -0.15) is 0 Å². The number of ether oxygens (including phenoxy) is 1. The second-order valence-corrected chi connectivity index (χ2v) is 4.47. The molecule has 0 saturated carbocycles. The molecule has 1 saturated heterocycles. The van der Waals surface area contributed by atoms with Crippen LogP contribution in [-0.2, 0) is 4.74 Å². The molecule has 1 aromatic carbocycles. The highest BCUT2D eigenvalue weighted by Crippen LogP contribution is 2.22. The highest BCUT2D eigenvalue weighted by atomic mass is 16.5. The van der Waals surface area contributed by atoms with Gasteiger partial charge in [0, 0.05) is 6.04 Å². The van der Waals surface area contributed by atoms with E-state index in [-0.39, 0.29) is 6.23 Å². The Morgan fingerprint density at radius 2 is 2.00 bits per heavy atom. The van der Waals surface area contributed by atoms with Crippen molar-refractivity contribution in [2.24, 2.45) is 5.92 Å². The molecule has 0 aromatic heterocycles. The average Bonchev–Trinajstić information content (AvgIpc) is 2.30. The van der Waals surface area contributed by atoms with Crippen LogP contribution in [0.4, 0.5) is 0 Å². The fourth-order valence-corrected chi connectivity index (χ4v) is 1.98. The Labute approximate surface area is 91.6 Å². The molecule has 2 heteroatoms. The Morgan fingerprint density at radius 3 is 2.67 bits per heavy atom. The van der Waals surface area contributed by atoms with E-state index >= 15 is 0 Å². The van der Waals surface area contributed by atoms with Crippen LogP contribution in [0, 0.1) is 5.92 Å². The SMILES string of the molecule is CC(C)[C@H]1CCO[C@@H](c2ccccc2)N1. The van der Waals surface area contributed by atoms with Gasteiger partial charge in [0.15, 0.2) is 0 Å². The Balaban J connectivity index is 2.05. The molecule has 0 unspecified atom stereocenters. The molecule has 2 atom stereocenters. The summed E-state index contributed by atoms with van der Waals surface area (Å²) >= 11 is 0. The summed E-state index contributed by atoms with van der Waals surface area (Å²) in [5.74, 6) is 0.667. The molecule has 1 fully saturated rings. The van der Waals surface area contributed by atoms with Gasteiger partial charge in [0.25, 0.3) is 0 Å². The number of rotatable bonds is 2. The largest absolute Gasteiger partial charge is 0.359 e. The average molecular weight is 205 g/mol. The smallest absolute Gasteiger partial charge is 0.134 e. The predicted octanol–water partition coefficient (Wildman–Crippen LogP) is 2.72. The van der Waals surface area contributed by atoms with Crippen molar-refractivity contribution in [1.82, 2.24) is 5.32 Å². The summed E-state index contributed by atoms with van der Waals surface area (Å²) in [4.78, 5) is 0. The van der Waals surface area contributed by atoms with Crippen LogP contribution in [0.1, 0.15) is 32.1 Å². The summed E-state index contributed by atoms with van der Waals surface area (Å²) in [6.07, 6.45) is 1.19. The lowest BCUT2D eigenvalue weighted by Gasteiger charge is -2.33. The topological polar surface area (TPSA) is 21.3 Å². The third kappa shape index (κ3) is 2.58. The fraction of sp³-hybridized carbons (Fsp3) is 0.538. The highest BCUT2D eigenvalue weighted by molar-refractivity contribution is 5.17. The standard InChI is InChI=1S/C13H19NO/c1-10(2)12-8-9-15-13(14-12)11-6-4-3-5-7-11/h3-7,10,12-14H,8-9H2,1-2H3/t12-,13+/m1/s1. The molecule has 82 valence electrons. The molecule has 1 aromatic rings. The van der Waals surface area contributed by atoms with E-state index in [1.807, 2.05) is 6.07 Å². The summed E-state index contributed by atoms with van der Waals surface area (Å²) in [6, 6.07) is 10.9. The van der Waals surface area contributed by atoms with Crippen molar-refractivity contribution < 1.29 is 4.74 Å². The lowest BCUT2D eigenvalue weighted by molar-refractivity contribution is -0.0278. The molecule has 2 nitrogen and oxygen atoms in total. The molecular formula is C13H19NO. The summed E-state index contributed by atoms with van der Waals surface area (Å²) in [5, 5.41) is 3.55. The number of benzene rings is 1. The molecule has 15 heavy (non-hydrogen) atoms. The van der Waals surface area contributed by atoms with Crippen molar-refractivity contribution in [3.63, 3.8) is 0 Å². The maximum Gasteiger partial charge on any atom is 0.134 e. The minimum atomic E-state index is 0.0762. The molecule has 0 aliphatic carbocycles. The molecule has 1 N–H and O–H groups in total. The Morgan fingerprint density at radius 1 is 1.27 bits per heavy atom. The van der Waals surface area contributed by atoms with E-state index < -0.39 is 0 Å². The van der Waals surface area contributed by atoms with Crippen LogP contribution in [0.2, 0.25) is 0 Å². The summed E-state index contributed by atoms with van der Waals surface area (Å²) < 4.78 is 5.73.